The zero-order valence-corrected chi connectivity index (χ0v) is 11.4. The number of nitriles is 1. The zero-order valence-electron chi connectivity index (χ0n) is 11.4. The van der Waals surface area contributed by atoms with Gasteiger partial charge in [0.1, 0.15) is 11.8 Å². The van der Waals surface area contributed by atoms with E-state index in [1.165, 1.54) is 12.8 Å². The molecule has 0 fully saturated rings. The van der Waals surface area contributed by atoms with Crippen LogP contribution in [-0.4, -0.2) is 13.7 Å². The average Bonchev–Trinajstić information content (AvgIpc) is 2.38. The van der Waals surface area contributed by atoms with E-state index in [4.69, 9.17) is 14.7 Å². The van der Waals surface area contributed by atoms with E-state index in [9.17, 15) is 0 Å². The standard InChI is InChI=1S/C15H21NO2/c1-4-5-12(2)10-18-11-13-6-7-15(17-3)14(8-13)9-16/h6-8,12H,4-5,10-11H2,1-3H3. The lowest BCUT2D eigenvalue weighted by molar-refractivity contribution is 0.0893. The van der Waals surface area contributed by atoms with Gasteiger partial charge in [-0.05, 0) is 30.0 Å². The molecular weight excluding hydrogens is 226 g/mol. The van der Waals surface area contributed by atoms with Gasteiger partial charge in [-0.25, -0.2) is 0 Å². The van der Waals surface area contributed by atoms with Gasteiger partial charge in [0.2, 0.25) is 0 Å². The van der Waals surface area contributed by atoms with Gasteiger partial charge in [-0.1, -0.05) is 26.3 Å². The molecule has 0 aliphatic rings. The maximum atomic E-state index is 8.99. The van der Waals surface area contributed by atoms with Crippen LogP contribution in [0.5, 0.6) is 5.75 Å². The van der Waals surface area contributed by atoms with Crippen molar-refractivity contribution in [3.8, 4) is 11.8 Å². The predicted molar refractivity (Wildman–Crippen MR) is 71.4 cm³/mol. The second kappa shape index (κ2) is 7.73. The lowest BCUT2D eigenvalue weighted by atomic mass is 10.1. The second-order valence-electron chi connectivity index (χ2n) is 4.56. The molecule has 0 aliphatic carbocycles. The molecule has 0 bridgehead atoms. The van der Waals surface area contributed by atoms with Crippen LogP contribution in [0.15, 0.2) is 18.2 Å². The summed E-state index contributed by atoms with van der Waals surface area (Å²) < 4.78 is 10.8. The van der Waals surface area contributed by atoms with Gasteiger partial charge in [0.15, 0.2) is 0 Å². The lowest BCUT2D eigenvalue weighted by Gasteiger charge is -2.11. The number of methoxy groups -OCH3 is 1. The minimum atomic E-state index is 0.548. The number of nitrogens with zero attached hydrogens (tertiary/aromatic N) is 1. The maximum absolute atomic E-state index is 8.99. The molecule has 0 spiro atoms. The Bertz CT molecular complexity index is 409. The van der Waals surface area contributed by atoms with Crippen molar-refractivity contribution in [2.24, 2.45) is 5.92 Å². The topological polar surface area (TPSA) is 42.2 Å². The van der Waals surface area contributed by atoms with E-state index >= 15 is 0 Å². The van der Waals surface area contributed by atoms with Crippen molar-refractivity contribution in [1.82, 2.24) is 0 Å². The third kappa shape index (κ3) is 4.38. The summed E-state index contributed by atoms with van der Waals surface area (Å²) in [7, 11) is 1.57. The molecule has 0 saturated carbocycles. The molecule has 0 aliphatic heterocycles. The number of hydrogen-bond acceptors (Lipinski definition) is 3. The first-order chi connectivity index (χ1) is 8.71. The smallest absolute Gasteiger partial charge is 0.136 e. The molecule has 98 valence electrons. The Morgan fingerprint density at radius 1 is 1.39 bits per heavy atom. The quantitative estimate of drug-likeness (QED) is 0.740. The molecule has 1 aromatic rings. The van der Waals surface area contributed by atoms with Crippen molar-refractivity contribution >= 4 is 0 Å². The number of hydrogen-bond donors (Lipinski definition) is 0. The Morgan fingerprint density at radius 3 is 2.78 bits per heavy atom. The summed E-state index contributed by atoms with van der Waals surface area (Å²) in [5.74, 6) is 1.20. The van der Waals surface area contributed by atoms with Gasteiger partial charge >= 0.3 is 0 Å². The molecule has 1 rings (SSSR count). The van der Waals surface area contributed by atoms with Crippen LogP contribution < -0.4 is 4.74 Å². The Morgan fingerprint density at radius 2 is 2.17 bits per heavy atom. The second-order valence-corrected chi connectivity index (χ2v) is 4.56. The van der Waals surface area contributed by atoms with Gasteiger partial charge < -0.3 is 9.47 Å². The SMILES string of the molecule is CCCC(C)COCc1ccc(OC)c(C#N)c1. The van der Waals surface area contributed by atoms with Crippen LogP contribution in [0, 0.1) is 17.2 Å². The van der Waals surface area contributed by atoms with E-state index < -0.39 is 0 Å². The van der Waals surface area contributed by atoms with E-state index in [-0.39, 0.29) is 0 Å². The van der Waals surface area contributed by atoms with Crippen molar-refractivity contribution in [2.75, 3.05) is 13.7 Å². The first-order valence-corrected chi connectivity index (χ1v) is 6.36. The molecule has 3 heteroatoms. The molecule has 0 saturated heterocycles. The van der Waals surface area contributed by atoms with Crippen molar-refractivity contribution in [2.45, 2.75) is 33.3 Å². The highest BCUT2D eigenvalue weighted by atomic mass is 16.5. The molecule has 3 nitrogen and oxygen atoms in total. The van der Waals surface area contributed by atoms with Crippen molar-refractivity contribution in [3.63, 3.8) is 0 Å². The van der Waals surface area contributed by atoms with Crippen LogP contribution in [0.25, 0.3) is 0 Å². The molecule has 1 atom stereocenters. The fourth-order valence-corrected chi connectivity index (χ4v) is 1.89. The summed E-state index contributed by atoms with van der Waals surface area (Å²) in [5.41, 5.74) is 1.57. The van der Waals surface area contributed by atoms with Crippen LogP contribution >= 0.6 is 0 Å². The molecular formula is C15H21NO2. The minimum Gasteiger partial charge on any atom is -0.495 e. The first-order valence-electron chi connectivity index (χ1n) is 6.36. The Balaban J connectivity index is 2.51. The van der Waals surface area contributed by atoms with E-state index in [0.29, 0.717) is 23.8 Å². The number of benzene rings is 1. The third-order valence-corrected chi connectivity index (χ3v) is 2.84. The van der Waals surface area contributed by atoms with Crippen LogP contribution in [0.4, 0.5) is 0 Å². The first kappa shape index (κ1) is 14.5. The van der Waals surface area contributed by atoms with Crippen molar-refractivity contribution < 1.29 is 9.47 Å². The summed E-state index contributed by atoms with van der Waals surface area (Å²) in [6.07, 6.45) is 2.37. The molecule has 0 heterocycles. The highest BCUT2D eigenvalue weighted by Crippen LogP contribution is 2.19. The summed E-state index contributed by atoms with van der Waals surface area (Å²) in [4.78, 5) is 0. The van der Waals surface area contributed by atoms with Gasteiger partial charge in [-0.2, -0.15) is 5.26 Å². The minimum absolute atomic E-state index is 0.548. The maximum Gasteiger partial charge on any atom is 0.136 e. The lowest BCUT2D eigenvalue weighted by Crippen LogP contribution is -2.05. The molecule has 0 aromatic heterocycles. The van der Waals surface area contributed by atoms with Gasteiger partial charge in [0.25, 0.3) is 0 Å². The fraction of sp³-hybridized carbons (Fsp3) is 0.533. The summed E-state index contributed by atoms with van der Waals surface area (Å²) >= 11 is 0. The van der Waals surface area contributed by atoms with Crippen molar-refractivity contribution in [3.05, 3.63) is 29.3 Å². The molecule has 0 radical (unpaired) electrons. The van der Waals surface area contributed by atoms with Crippen LogP contribution in [0.2, 0.25) is 0 Å². The Hall–Kier alpha value is -1.53. The highest BCUT2D eigenvalue weighted by molar-refractivity contribution is 5.45. The monoisotopic (exact) mass is 247 g/mol. The number of ether oxygens (including phenoxy) is 2. The van der Waals surface area contributed by atoms with Gasteiger partial charge in [-0.3, -0.25) is 0 Å². The van der Waals surface area contributed by atoms with Gasteiger partial charge in [0.05, 0.1) is 19.3 Å². The van der Waals surface area contributed by atoms with Gasteiger partial charge in [-0.15, -0.1) is 0 Å². The summed E-state index contributed by atoms with van der Waals surface area (Å²) in [6.45, 7) is 5.69. The Labute approximate surface area is 109 Å². The van der Waals surface area contributed by atoms with E-state index in [0.717, 1.165) is 12.2 Å². The van der Waals surface area contributed by atoms with Crippen molar-refractivity contribution in [1.29, 1.82) is 5.26 Å². The summed E-state index contributed by atoms with van der Waals surface area (Å²) in [5, 5.41) is 8.99. The molecule has 18 heavy (non-hydrogen) atoms. The van der Waals surface area contributed by atoms with Crippen LogP contribution in [-0.2, 0) is 11.3 Å². The third-order valence-electron chi connectivity index (χ3n) is 2.84. The van der Waals surface area contributed by atoms with E-state index in [2.05, 4.69) is 19.9 Å². The van der Waals surface area contributed by atoms with Crippen LogP contribution in [0.3, 0.4) is 0 Å². The van der Waals surface area contributed by atoms with Crippen LogP contribution in [0.1, 0.15) is 37.8 Å². The molecule has 0 N–H and O–H groups in total. The van der Waals surface area contributed by atoms with E-state index in [1.807, 2.05) is 18.2 Å². The molecule has 0 amide bonds. The largest absolute Gasteiger partial charge is 0.495 e. The van der Waals surface area contributed by atoms with E-state index in [1.54, 1.807) is 7.11 Å². The zero-order chi connectivity index (χ0) is 13.4. The predicted octanol–water partition coefficient (Wildman–Crippen LogP) is 3.52. The summed E-state index contributed by atoms with van der Waals surface area (Å²) in [6, 6.07) is 7.70. The molecule has 1 unspecified atom stereocenters. The molecule has 1 aromatic carbocycles. The Kier molecular flexibility index (Phi) is 6.24. The fourth-order valence-electron chi connectivity index (χ4n) is 1.89. The van der Waals surface area contributed by atoms with Gasteiger partial charge in [0, 0.05) is 6.61 Å². The highest BCUT2D eigenvalue weighted by Gasteiger charge is 2.05. The average molecular weight is 247 g/mol. The normalized spacial score (nSPS) is 11.9. The number of rotatable bonds is 7.